The number of hydrogen-bond acceptors (Lipinski definition) is 4. The Labute approximate surface area is 191 Å². The zero-order valence-corrected chi connectivity index (χ0v) is 19.0. The Hall–Kier alpha value is -2.85. The Balaban J connectivity index is 1.73. The van der Waals surface area contributed by atoms with E-state index in [1.165, 1.54) is 50.2 Å². The van der Waals surface area contributed by atoms with Gasteiger partial charge in [-0.3, -0.25) is 0 Å². The minimum absolute atomic E-state index is 0.121. The van der Waals surface area contributed by atoms with Crippen molar-refractivity contribution < 1.29 is 19.4 Å². The summed E-state index contributed by atoms with van der Waals surface area (Å²) in [5.41, 5.74) is 4.63. The van der Waals surface area contributed by atoms with Crippen LogP contribution in [0.4, 0.5) is 0 Å². The summed E-state index contributed by atoms with van der Waals surface area (Å²) >= 11 is 0. The molecule has 0 bridgehead atoms. The molecule has 0 saturated heterocycles. The van der Waals surface area contributed by atoms with Gasteiger partial charge in [0.1, 0.15) is 18.3 Å². The van der Waals surface area contributed by atoms with Crippen LogP contribution in [0.3, 0.4) is 0 Å². The third-order valence-electron chi connectivity index (χ3n) is 6.41. The van der Waals surface area contributed by atoms with Gasteiger partial charge in [-0.25, -0.2) is 4.79 Å². The van der Waals surface area contributed by atoms with Crippen molar-refractivity contribution in [3.05, 3.63) is 78.8 Å². The molecule has 4 nitrogen and oxygen atoms in total. The molecule has 0 amide bonds. The van der Waals surface area contributed by atoms with Crippen molar-refractivity contribution in [3.63, 3.8) is 0 Å². The summed E-state index contributed by atoms with van der Waals surface area (Å²) in [4.78, 5) is 11.2. The number of carbonyl (C=O) groups is 1. The Morgan fingerprint density at radius 2 is 1.78 bits per heavy atom. The highest BCUT2D eigenvalue weighted by atomic mass is 16.5. The van der Waals surface area contributed by atoms with E-state index in [2.05, 4.69) is 43.8 Å². The van der Waals surface area contributed by atoms with E-state index < -0.39 is 5.97 Å². The van der Waals surface area contributed by atoms with Gasteiger partial charge in [-0.15, -0.1) is 0 Å². The molecule has 4 heteroatoms. The molecular weight excluding hydrogens is 400 g/mol. The second-order valence-electron chi connectivity index (χ2n) is 8.43. The number of hydrogen-bond donors (Lipinski definition) is 1. The first-order valence-electron chi connectivity index (χ1n) is 11.6. The first-order chi connectivity index (χ1) is 15.6. The molecule has 170 valence electrons. The topological polar surface area (TPSA) is 55.8 Å². The summed E-state index contributed by atoms with van der Waals surface area (Å²) in [6.07, 6.45) is 11.6. The Kier molecular flexibility index (Phi) is 9.12. The Morgan fingerprint density at radius 3 is 2.44 bits per heavy atom. The molecule has 0 aliphatic heterocycles. The monoisotopic (exact) mass is 434 g/mol. The molecule has 0 aromatic heterocycles. The van der Waals surface area contributed by atoms with Gasteiger partial charge in [0.05, 0.1) is 0 Å². The summed E-state index contributed by atoms with van der Waals surface area (Å²) in [5.74, 6) is 1.73. The quantitative estimate of drug-likeness (QED) is 0.262. The molecule has 0 unspecified atom stereocenters. The van der Waals surface area contributed by atoms with Crippen molar-refractivity contribution in [1.29, 1.82) is 0 Å². The lowest BCUT2D eigenvalue weighted by atomic mass is 9.77. The normalized spacial score (nSPS) is 18.4. The maximum absolute atomic E-state index is 11.2. The predicted molar refractivity (Wildman–Crippen MR) is 128 cm³/mol. The van der Waals surface area contributed by atoms with Crippen LogP contribution in [0.1, 0.15) is 62.5 Å². The van der Waals surface area contributed by atoms with E-state index in [0.29, 0.717) is 24.5 Å². The number of carbonyl (C=O) groups excluding carboxylic acids is 1. The first kappa shape index (κ1) is 23.8. The lowest BCUT2D eigenvalue weighted by molar-refractivity contribution is -0.132. The van der Waals surface area contributed by atoms with Gasteiger partial charge in [-0.1, -0.05) is 56.3 Å². The molecule has 2 aromatic carbocycles. The van der Waals surface area contributed by atoms with E-state index in [1.54, 1.807) is 0 Å². The van der Waals surface area contributed by atoms with Crippen molar-refractivity contribution in [3.8, 4) is 16.9 Å². The number of rotatable bonds is 10. The van der Waals surface area contributed by atoms with Gasteiger partial charge in [-0.05, 0) is 78.7 Å². The van der Waals surface area contributed by atoms with Gasteiger partial charge < -0.3 is 14.6 Å². The average Bonchev–Trinajstić information content (AvgIpc) is 2.85. The van der Waals surface area contributed by atoms with Crippen LogP contribution in [0.2, 0.25) is 0 Å². The van der Waals surface area contributed by atoms with Crippen LogP contribution in [0.25, 0.3) is 11.1 Å². The van der Waals surface area contributed by atoms with Crippen LogP contribution in [0.5, 0.6) is 5.75 Å². The van der Waals surface area contributed by atoms with Crippen LogP contribution in [-0.4, -0.2) is 17.7 Å². The van der Waals surface area contributed by atoms with Crippen LogP contribution >= 0.6 is 0 Å². The fourth-order valence-corrected chi connectivity index (χ4v) is 4.42. The van der Waals surface area contributed by atoms with Crippen LogP contribution in [0, 0.1) is 5.92 Å². The third-order valence-corrected chi connectivity index (χ3v) is 6.41. The summed E-state index contributed by atoms with van der Waals surface area (Å²) in [6, 6.07) is 15.0. The molecule has 0 atom stereocenters. The Morgan fingerprint density at radius 1 is 1.06 bits per heavy atom. The highest BCUT2D eigenvalue weighted by Crippen LogP contribution is 2.37. The van der Waals surface area contributed by atoms with E-state index in [4.69, 9.17) is 9.47 Å². The molecule has 0 radical (unpaired) electrons. The minimum atomic E-state index is -0.539. The second kappa shape index (κ2) is 12.3. The lowest BCUT2D eigenvalue weighted by Crippen LogP contribution is -2.12. The molecule has 32 heavy (non-hydrogen) atoms. The molecule has 1 saturated carbocycles. The summed E-state index contributed by atoms with van der Waals surface area (Å²) in [5, 5.41) is 9.19. The lowest BCUT2D eigenvalue weighted by Gasteiger charge is -2.28. The number of aliphatic hydroxyl groups is 1. The van der Waals surface area contributed by atoms with Crippen molar-refractivity contribution in [2.75, 3.05) is 6.61 Å². The van der Waals surface area contributed by atoms with Crippen LogP contribution in [-0.2, 0) is 16.0 Å². The molecular formula is C28H34O4. The smallest absolute Gasteiger partial charge is 0.335 e. The average molecular weight is 435 g/mol. The fraction of sp³-hybridized carbons (Fsp3) is 0.393. The van der Waals surface area contributed by atoms with Gasteiger partial charge in [-0.2, -0.15) is 0 Å². The summed E-state index contributed by atoms with van der Waals surface area (Å²) in [6.45, 7) is 5.78. The molecule has 0 spiro atoms. The largest absolute Gasteiger partial charge is 0.461 e. The highest BCUT2D eigenvalue weighted by molar-refractivity contribution is 5.81. The maximum atomic E-state index is 11.2. The van der Waals surface area contributed by atoms with Gasteiger partial charge in [0.25, 0.3) is 0 Å². The molecule has 1 fully saturated rings. The van der Waals surface area contributed by atoms with E-state index in [9.17, 15) is 9.90 Å². The SMILES string of the molecule is C=CC(=O)O/C=C/Oc1cc(-c2ccc(C3CCC(CC)CC3)cc2)ccc1CCCO. The number of ether oxygens (including phenoxy) is 2. The molecule has 1 aliphatic carbocycles. The van der Waals surface area contributed by atoms with Crippen LogP contribution < -0.4 is 4.74 Å². The van der Waals surface area contributed by atoms with Gasteiger partial charge in [0.15, 0.2) is 0 Å². The number of aryl methyl sites for hydroxylation is 1. The predicted octanol–water partition coefficient (Wildman–Crippen LogP) is 6.54. The summed E-state index contributed by atoms with van der Waals surface area (Å²) < 4.78 is 10.6. The Bertz CT molecular complexity index is 906. The standard InChI is InChI=1S/C28H34O4/c1-3-21-7-9-22(10-8-21)23-11-13-24(14-12-23)26-16-15-25(6-5-17-29)27(20-26)31-18-19-32-28(30)4-2/h4,11-16,18-22,29H,2-3,5-10,17H2,1H3/b19-18+. The summed E-state index contributed by atoms with van der Waals surface area (Å²) in [7, 11) is 0. The van der Waals surface area contributed by atoms with E-state index in [1.807, 2.05) is 12.1 Å². The van der Waals surface area contributed by atoms with Crippen molar-refractivity contribution in [2.45, 2.75) is 57.8 Å². The van der Waals surface area contributed by atoms with Gasteiger partial charge >= 0.3 is 5.97 Å². The fourth-order valence-electron chi connectivity index (χ4n) is 4.42. The van der Waals surface area contributed by atoms with Crippen molar-refractivity contribution >= 4 is 5.97 Å². The number of benzene rings is 2. The third kappa shape index (κ3) is 6.57. The zero-order valence-electron chi connectivity index (χ0n) is 19.0. The van der Waals surface area contributed by atoms with Crippen LogP contribution in [0.15, 0.2) is 67.6 Å². The molecule has 0 heterocycles. The first-order valence-corrected chi connectivity index (χ1v) is 11.6. The molecule has 1 N–H and O–H groups in total. The maximum Gasteiger partial charge on any atom is 0.335 e. The number of esters is 1. The molecule has 1 aliphatic rings. The van der Waals surface area contributed by atoms with E-state index >= 15 is 0 Å². The second-order valence-corrected chi connectivity index (χ2v) is 8.43. The van der Waals surface area contributed by atoms with E-state index in [0.717, 1.165) is 28.7 Å². The van der Waals surface area contributed by atoms with Crippen molar-refractivity contribution in [2.24, 2.45) is 5.92 Å². The molecule has 3 rings (SSSR count). The highest BCUT2D eigenvalue weighted by Gasteiger charge is 2.21. The number of aliphatic hydroxyl groups excluding tert-OH is 1. The molecule has 2 aromatic rings. The van der Waals surface area contributed by atoms with Crippen molar-refractivity contribution in [1.82, 2.24) is 0 Å². The van der Waals surface area contributed by atoms with Gasteiger partial charge in [0.2, 0.25) is 0 Å². The minimum Gasteiger partial charge on any atom is -0.461 e. The van der Waals surface area contributed by atoms with E-state index in [-0.39, 0.29) is 6.61 Å². The van der Waals surface area contributed by atoms with Gasteiger partial charge in [0, 0.05) is 12.7 Å². The zero-order chi connectivity index (χ0) is 22.8.